The molecule has 116 valence electrons. The van der Waals surface area contributed by atoms with E-state index in [0.717, 1.165) is 36.6 Å². The summed E-state index contributed by atoms with van der Waals surface area (Å²) in [6.45, 7) is 3.39. The van der Waals surface area contributed by atoms with Gasteiger partial charge in [-0.2, -0.15) is 4.98 Å². The van der Waals surface area contributed by atoms with Crippen LogP contribution in [0.4, 0.5) is 0 Å². The Kier molecular flexibility index (Phi) is 3.29. The number of hydrogen-bond acceptors (Lipinski definition) is 5. The number of nitrogens with zero attached hydrogens (tertiary/aromatic N) is 3. The van der Waals surface area contributed by atoms with Gasteiger partial charge in [0.15, 0.2) is 5.82 Å². The minimum Gasteiger partial charge on any atom is -0.341 e. The number of carbonyl (C=O) groups is 1. The Hall–Kier alpha value is -1.69. The second kappa shape index (κ2) is 5.19. The van der Waals surface area contributed by atoms with Crippen LogP contribution >= 0.6 is 11.3 Å². The van der Waals surface area contributed by atoms with Crippen molar-refractivity contribution in [1.82, 2.24) is 15.0 Å². The molecule has 0 radical (unpaired) electrons. The van der Waals surface area contributed by atoms with Crippen molar-refractivity contribution in [2.75, 3.05) is 13.1 Å². The molecule has 2 atom stereocenters. The lowest BCUT2D eigenvalue weighted by Crippen LogP contribution is -2.36. The third-order valence-electron chi connectivity index (χ3n) is 5.10. The van der Waals surface area contributed by atoms with E-state index in [4.69, 9.17) is 4.52 Å². The Balaban J connectivity index is 1.55. The SMILES string of the molecule is Cc1nc([C@@]23CCC[C@@H]2CN(C(=O)Cc2cccs2)C3)no1. The number of fused-ring (bicyclic) bond motifs is 1. The van der Waals surface area contributed by atoms with E-state index in [1.165, 1.54) is 6.42 Å². The summed E-state index contributed by atoms with van der Waals surface area (Å²) in [6.07, 6.45) is 3.90. The van der Waals surface area contributed by atoms with E-state index in [0.29, 0.717) is 18.2 Å². The smallest absolute Gasteiger partial charge is 0.227 e. The molecule has 0 unspecified atom stereocenters. The van der Waals surface area contributed by atoms with Gasteiger partial charge in [-0.05, 0) is 30.2 Å². The molecule has 3 heterocycles. The summed E-state index contributed by atoms with van der Waals surface area (Å²) in [5.74, 6) is 2.10. The van der Waals surface area contributed by atoms with E-state index in [1.54, 1.807) is 11.3 Å². The lowest BCUT2D eigenvalue weighted by molar-refractivity contribution is -0.129. The summed E-state index contributed by atoms with van der Waals surface area (Å²) < 4.78 is 5.20. The molecular formula is C16H19N3O2S. The highest BCUT2D eigenvalue weighted by atomic mass is 32.1. The van der Waals surface area contributed by atoms with Crippen LogP contribution in [-0.2, 0) is 16.6 Å². The van der Waals surface area contributed by atoms with Crippen LogP contribution in [0.15, 0.2) is 22.0 Å². The lowest BCUT2D eigenvalue weighted by atomic mass is 9.80. The molecule has 4 rings (SSSR count). The first-order valence-corrected chi connectivity index (χ1v) is 8.66. The van der Waals surface area contributed by atoms with Gasteiger partial charge in [0.2, 0.25) is 11.8 Å². The fraction of sp³-hybridized carbons (Fsp3) is 0.562. The highest BCUT2D eigenvalue weighted by Gasteiger charge is 2.54. The molecule has 0 aromatic carbocycles. The number of hydrogen-bond donors (Lipinski definition) is 0. The second-order valence-corrected chi connectivity index (χ2v) is 7.44. The molecule has 5 nitrogen and oxygen atoms in total. The van der Waals surface area contributed by atoms with Crippen LogP contribution in [0.25, 0.3) is 0 Å². The van der Waals surface area contributed by atoms with Crippen LogP contribution in [-0.4, -0.2) is 34.0 Å². The van der Waals surface area contributed by atoms with Crippen molar-refractivity contribution < 1.29 is 9.32 Å². The first kappa shape index (κ1) is 13.9. The van der Waals surface area contributed by atoms with Crippen LogP contribution < -0.4 is 0 Å². The lowest BCUT2D eigenvalue weighted by Gasteiger charge is -2.24. The molecule has 2 fully saturated rings. The minimum atomic E-state index is -0.0805. The molecular weight excluding hydrogens is 298 g/mol. The van der Waals surface area contributed by atoms with Gasteiger partial charge in [-0.3, -0.25) is 4.79 Å². The number of aromatic nitrogens is 2. The quantitative estimate of drug-likeness (QED) is 0.873. The number of rotatable bonds is 3. The first-order valence-electron chi connectivity index (χ1n) is 7.78. The van der Waals surface area contributed by atoms with Crippen molar-refractivity contribution in [3.05, 3.63) is 34.1 Å². The van der Waals surface area contributed by atoms with E-state index in [9.17, 15) is 4.79 Å². The summed E-state index contributed by atoms with van der Waals surface area (Å²) in [6, 6.07) is 4.02. The average molecular weight is 317 g/mol. The Morgan fingerprint density at radius 2 is 2.50 bits per heavy atom. The van der Waals surface area contributed by atoms with Crippen LogP contribution in [0, 0.1) is 12.8 Å². The van der Waals surface area contributed by atoms with Gasteiger partial charge in [0.25, 0.3) is 0 Å². The predicted molar refractivity (Wildman–Crippen MR) is 82.7 cm³/mol. The normalized spacial score (nSPS) is 27.3. The van der Waals surface area contributed by atoms with E-state index in [1.807, 2.05) is 29.3 Å². The molecule has 1 aliphatic carbocycles. The molecule has 2 aliphatic rings. The fourth-order valence-electron chi connectivity index (χ4n) is 4.02. The zero-order chi connectivity index (χ0) is 15.2. The van der Waals surface area contributed by atoms with Crippen molar-refractivity contribution in [1.29, 1.82) is 0 Å². The van der Waals surface area contributed by atoms with Crippen LogP contribution in [0.3, 0.4) is 0 Å². The third kappa shape index (κ3) is 2.17. The van der Waals surface area contributed by atoms with Gasteiger partial charge in [0.05, 0.1) is 11.8 Å². The number of amides is 1. The summed E-state index contributed by atoms with van der Waals surface area (Å²) in [7, 11) is 0. The fourth-order valence-corrected chi connectivity index (χ4v) is 4.72. The summed E-state index contributed by atoms with van der Waals surface area (Å²) in [4.78, 5) is 20.2. The van der Waals surface area contributed by atoms with Gasteiger partial charge in [-0.25, -0.2) is 0 Å². The Morgan fingerprint density at radius 1 is 1.59 bits per heavy atom. The maximum absolute atomic E-state index is 12.6. The minimum absolute atomic E-state index is 0.0805. The van der Waals surface area contributed by atoms with Crippen molar-refractivity contribution in [2.24, 2.45) is 5.92 Å². The predicted octanol–water partition coefficient (Wildman–Crippen LogP) is 2.56. The Bertz CT molecular complexity index is 681. The van der Waals surface area contributed by atoms with E-state index in [-0.39, 0.29) is 11.3 Å². The van der Waals surface area contributed by atoms with Gasteiger partial charge >= 0.3 is 0 Å². The van der Waals surface area contributed by atoms with Gasteiger partial charge in [-0.15, -0.1) is 11.3 Å². The molecule has 0 N–H and O–H groups in total. The third-order valence-corrected chi connectivity index (χ3v) is 5.98. The van der Waals surface area contributed by atoms with Crippen LogP contribution in [0.2, 0.25) is 0 Å². The Labute approximate surface area is 133 Å². The zero-order valence-electron chi connectivity index (χ0n) is 12.6. The van der Waals surface area contributed by atoms with Crippen molar-refractivity contribution >= 4 is 17.2 Å². The largest absolute Gasteiger partial charge is 0.341 e. The number of carbonyl (C=O) groups excluding carboxylic acids is 1. The molecule has 1 aliphatic heterocycles. The highest BCUT2D eigenvalue weighted by molar-refractivity contribution is 7.10. The highest BCUT2D eigenvalue weighted by Crippen LogP contribution is 2.49. The van der Waals surface area contributed by atoms with E-state index >= 15 is 0 Å². The second-order valence-electron chi connectivity index (χ2n) is 6.41. The molecule has 1 saturated heterocycles. The van der Waals surface area contributed by atoms with Crippen LogP contribution in [0.5, 0.6) is 0 Å². The van der Waals surface area contributed by atoms with E-state index < -0.39 is 0 Å². The molecule has 1 saturated carbocycles. The summed E-state index contributed by atoms with van der Waals surface area (Å²) >= 11 is 1.64. The monoisotopic (exact) mass is 317 g/mol. The number of aryl methyl sites for hydroxylation is 1. The standard InChI is InChI=1S/C16H19N3O2S/c1-11-17-15(18-21-11)16-6-2-4-12(16)9-19(10-16)14(20)8-13-5-3-7-22-13/h3,5,7,12H,2,4,6,8-10H2,1H3/t12-,16-/m1/s1. The molecule has 2 aromatic rings. The summed E-state index contributed by atoms with van der Waals surface area (Å²) in [5, 5.41) is 6.20. The van der Waals surface area contributed by atoms with Crippen molar-refractivity contribution in [3.63, 3.8) is 0 Å². The Morgan fingerprint density at radius 3 is 3.23 bits per heavy atom. The molecule has 22 heavy (non-hydrogen) atoms. The van der Waals surface area contributed by atoms with E-state index in [2.05, 4.69) is 10.1 Å². The summed E-state index contributed by atoms with van der Waals surface area (Å²) in [5.41, 5.74) is -0.0805. The average Bonchev–Trinajstić information content (AvgIpc) is 3.19. The maximum atomic E-state index is 12.6. The zero-order valence-corrected chi connectivity index (χ0v) is 13.4. The van der Waals surface area contributed by atoms with Gasteiger partial charge in [0.1, 0.15) is 0 Å². The maximum Gasteiger partial charge on any atom is 0.227 e. The number of likely N-dealkylation sites (tertiary alicyclic amines) is 1. The topological polar surface area (TPSA) is 59.2 Å². The van der Waals surface area contributed by atoms with Crippen molar-refractivity contribution in [3.8, 4) is 0 Å². The molecule has 0 spiro atoms. The molecule has 2 aromatic heterocycles. The molecule has 0 bridgehead atoms. The van der Waals surface area contributed by atoms with Gasteiger partial charge < -0.3 is 9.42 Å². The first-order chi connectivity index (χ1) is 10.7. The van der Waals surface area contributed by atoms with Gasteiger partial charge in [-0.1, -0.05) is 17.6 Å². The molecule has 6 heteroatoms. The molecule has 1 amide bonds. The van der Waals surface area contributed by atoms with Crippen LogP contribution in [0.1, 0.15) is 35.9 Å². The number of thiophene rings is 1. The van der Waals surface area contributed by atoms with Gasteiger partial charge in [0, 0.05) is 24.9 Å². The van der Waals surface area contributed by atoms with Crippen molar-refractivity contribution in [2.45, 2.75) is 38.0 Å².